The smallest absolute Gasteiger partial charge is 0.0618 e. The molecular weight excluding hydrogens is 244 g/mol. The molecule has 0 N–H and O–H groups in total. The third kappa shape index (κ3) is 2.12. The number of fused-ring (bicyclic) bond motifs is 1. The Morgan fingerprint density at radius 2 is 1.55 bits per heavy atom. The van der Waals surface area contributed by atoms with Crippen molar-refractivity contribution in [2.45, 2.75) is 6.04 Å². The summed E-state index contributed by atoms with van der Waals surface area (Å²) in [7, 11) is 6.39. The molecule has 20 heavy (non-hydrogen) atoms. The van der Waals surface area contributed by atoms with E-state index in [1.807, 2.05) is 0 Å². The molecule has 1 aromatic heterocycles. The van der Waals surface area contributed by atoms with Crippen LogP contribution in [-0.2, 0) is 7.05 Å². The van der Waals surface area contributed by atoms with Crippen LogP contribution in [0.3, 0.4) is 0 Å². The molecule has 0 aliphatic rings. The molecule has 102 valence electrons. The van der Waals surface area contributed by atoms with Gasteiger partial charge in [0.05, 0.1) is 6.04 Å². The molecule has 0 aliphatic heterocycles. The number of rotatable bonds is 3. The van der Waals surface area contributed by atoms with Crippen LogP contribution >= 0.6 is 0 Å². The Hall–Kier alpha value is -2.06. The summed E-state index contributed by atoms with van der Waals surface area (Å²) < 4.78 is 2.21. The third-order valence-electron chi connectivity index (χ3n) is 3.85. The van der Waals surface area contributed by atoms with Crippen molar-refractivity contribution in [3.05, 3.63) is 71.9 Å². The minimum Gasteiger partial charge on any atom is -0.350 e. The van der Waals surface area contributed by atoms with Crippen LogP contribution in [0, 0.1) is 0 Å². The lowest BCUT2D eigenvalue weighted by atomic mass is 9.97. The average Bonchev–Trinajstić information content (AvgIpc) is 2.78. The van der Waals surface area contributed by atoms with Crippen LogP contribution in [0.15, 0.2) is 60.8 Å². The first-order chi connectivity index (χ1) is 9.68. The Kier molecular flexibility index (Phi) is 3.33. The fourth-order valence-corrected chi connectivity index (χ4v) is 2.98. The van der Waals surface area contributed by atoms with Gasteiger partial charge in [-0.1, -0.05) is 48.5 Å². The van der Waals surface area contributed by atoms with Crippen molar-refractivity contribution in [1.29, 1.82) is 0 Å². The summed E-state index contributed by atoms with van der Waals surface area (Å²) in [5.74, 6) is 0. The SMILES string of the molecule is CN(C)C(c1ccccc1)c1cn(C)c2ccccc12. The van der Waals surface area contributed by atoms with Gasteiger partial charge in [-0.25, -0.2) is 0 Å². The quantitative estimate of drug-likeness (QED) is 0.698. The van der Waals surface area contributed by atoms with Gasteiger partial charge in [0.1, 0.15) is 0 Å². The summed E-state index contributed by atoms with van der Waals surface area (Å²) in [5.41, 5.74) is 3.97. The highest BCUT2D eigenvalue weighted by atomic mass is 15.1. The van der Waals surface area contributed by atoms with E-state index in [4.69, 9.17) is 0 Å². The van der Waals surface area contributed by atoms with Crippen LogP contribution in [-0.4, -0.2) is 23.6 Å². The van der Waals surface area contributed by atoms with Gasteiger partial charge in [0.15, 0.2) is 0 Å². The van der Waals surface area contributed by atoms with Gasteiger partial charge >= 0.3 is 0 Å². The molecule has 1 atom stereocenters. The second-order valence-electron chi connectivity index (χ2n) is 5.49. The number of benzene rings is 2. The number of hydrogen-bond donors (Lipinski definition) is 0. The van der Waals surface area contributed by atoms with E-state index in [2.05, 4.69) is 91.4 Å². The predicted octanol–water partition coefficient (Wildman–Crippen LogP) is 3.83. The Bertz CT molecular complexity index is 711. The molecule has 0 radical (unpaired) electrons. The Balaban J connectivity index is 2.21. The lowest BCUT2D eigenvalue weighted by molar-refractivity contribution is 0.343. The Morgan fingerprint density at radius 3 is 2.25 bits per heavy atom. The summed E-state index contributed by atoms with van der Waals surface area (Å²) in [6.07, 6.45) is 2.25. The molecular formula is C18H20N2. The van der Waals surface area contributed by atoms with Crippen LogP contribution in [0.25, 0.3) is 10.9 Å². The highest BCUT2D eigenvalue weighted by Gasteiger charge is 2.20. The second-order valence-corrected chi connectivity index (χ2v) is 5.49. The first-order valence-electron chi connectivity index (χ1n) is 6.94. The van der Waals surface area contributed by atoms with E-state index in [0.29, 0.717) is 0 Å². The number of nitrogens with zero attached hydrogens (tertiary/aromatic N) is 2. The van der Waals surface area contributed by atoms with Gasteiger partial charge in [0, 0.05) is 24.1 Å². The zero-order chi connectivity index (χ0) is 14.1. The standard InChI is InChI=1S/C18H20N2/c1-19(2)18(14-9-5-4-6-10-14)16-13-20(3)17-12-8-7-11-15(16)17/h4-13,18H,1-3H3. The summed E-state index contributed by atoms with van der Waals surface area (Å²) in [6, 6.07) is 19.6. The molecule has 0 amide bonds. The molecule has 0 aliphatic carbocycles. The molecule has 2 aromatic carbocycles. The molecule has 1 heterocycles. The summed E-state index contributed by atoms with van der Waals surface area (Å²) in [6.45, 7) is 0. The largest absolute Gasteiger partial charge is 0.350 e. The Morgan fingerprint density at radius 1 is 0.900 bits per heavy atom. The Labute approximate surface area is 120 Å². The van der Waals surface area contributed by atoms with Gasteiger partial charge in [0.25, 0.3) is 0 Å². The third-order valence-corrected chi connectivity index (χ3v) is 3.85. The number of hydrogen-bond acceptors (Lipinski definition) is 1. The summed E-state index contributed by atoms with van der Waals surface area (Å²) >= 11 is 0. The molecule has 0 saturated heterocycles. The second kappa shape index (κ2) is 5.14. The number of aromatic nitrogens is 1. The molecule has 0 saturated carbocycles. The van der Waals surface area contributed by atoms with Gasteiger partial charge in [-0.3, -0.25) is 4.90 Å². The molecule has 1 unspecified atom stereocenters. The van der Waals surface area contributed by atoms with Gasteiger partial charge in [0.2, 0.25) is 0 Å². The molecule has 3 rings (SSSR count). The molecule has 0 bridgehead atoms. The van der Waals surface area contributed by atoms with Gasteiger partial charge in [-0.15, -0.1) is 0 Å². The molecule has 0 spiro atoms. The van der Waals surface area contributed by atoms with Crippen molar-refractivity contribution in [1.82, 2.24) is 9.47 Å². The summed E-state index contributed by atoms with van der Waals surface area (Å²) in [5, 5.41) is 1.33. The van der Waals surface area contributed by atoms with Crippen LogP contribution in [0.1, 0.15) is 17.2 Å². The minimum absolute atomic E-state index is 0.280. The topological polar surface area (TPSA) is 8.17 Å². The monoisotopic (exact) mass is 264 g/mol. The highest BCUT2D eigenvalue weighted by molar-refractivity contribution is 5.84. The maximum atomic E-state index is 2.27. The van der Waals surface area contributed by atoms with Crippen molar-refractivity contribution < 1.29 is 0 Å². The summed E-state index contributed by atoms with van der Waals surface area (Å²) in [4.78, 5) is 2.27. The van der Waals surface area contributed by atoms with E-state index in [1.165, 1.54) is 22.0 Å². The number of aryl methyl sites for hydroxylation is 1. The zero-order valence-electron chi connectivity index (χ0n) is 12.2. The lowest BCUT2D eigenvalue weighted by Crippen LogP contribution is -2.20. The van der Waals surface area contributed by atoms with E-state index < -0.39 is 0 Å². The van der Waals surface area contributed by atoms with E-state index in [9.17, 15) is 0 Å². The maximum absolute atomic E-state index is 2.27. The molecule has 2 heteroatoms. The van der Waals surface area contributed by atoms with Crippen molar-refractivity contribution >= 4 is 10.9 Å². The van der Waals surface area contributed by atoms with E-state index >= 15 is 0 Å². The molecule has 2 nitrogen and oxygen atoms in total. The molecule has 3 aromatic rings. The fraction of sp³-hybridized carbons (Fsp3) is 0.222. The van der Waals surface area contributed by atoms with Crippen molar-refractivity contribution in [2.75, 3.05) is 14.1 Å². The van der Waals surface area contributed by atoms with E-state index in [0.717, 1.165) is 0 Å². The van der Waals surface area contributed by atoms with E-state index in [1.54, 1.807) is 0 Å². The van der Waals surface area contributed by atoms with Crippen molar-refractivity contribution in [3.8, 4) is 0 Å². The minimum atomic E-state index is 0.280. The first-order valence-corrected chi connectivity index (χ1v) is 6.94. The van der Waals surface area contributed by atoms with Crippen LogP contribution in [0.2, 0.25) is 0 Å². The van der Waals surface area contributed by atoms with Gasteiger partial charge < -0.3 is 4.57 Å². The van der Waals surface area contributed by atoms with Gasteiger partial charge in [-0.05, 0) is 31.3 Å². The fourth-order valence-electron chi connectivity index (χ4n) is 2.98. The van der Waals surface area contributed by atoms with Gasteiger partial charge in [-0.2, -0.15) is 0 Å². The lowest BCUT2D eigenvalue weighted by Gasteiger charge is -2.24. The highest BCUT2D eigenvalue weighted by Crippen LogP contribution is 2.33. The predicted molar refractivity (Wildman–Crippen MR) is 84.9 cm³/mol. The maximum Gasteiger partial charge on any atom is 0.0618 e. The zero-order valence-corrected chi connectivity index (χ0v) is 12.2. The van der Waals surface area contributed by atoms with Crippen LogP contribution < -0.4 is 0 Å². The normalized spacial score (nSPS) is 13.0. The average molecular weight is 264 g/mol. The van der Waals surface area contributed by atoms with Crippen molar-refractivity contribution in [2.24, 2.45) is 7.05 Å². The van der Waals surface area contributed by atoms with E-state index in [-0.39, 0.29) is 6.04 Å². The number of para-hydroxylation sites is 1. The van der Waals surface area contributed by atoms with Crippen molar-refractivity contribution in [3.63, 3.8) is 0 Å². The van der Waals surface area contributed by atoms with Crippen LogP contribution in [0.5, 0.6) is 0 Å². The van der Waals surface area contributed by atoms with Crippen LogP contribution in [0.4, 0.5) is 0 Å². The first kappa shape index (κ1) is 12.9. The molecule has 0 fully saturated rings.